The summed E-state index contributed by atoms with van der Waals surface area (Å²) in [5, 5.41) is 8.80. The first-order chi connectivity index (χ1) is 12.3. The second-order valence-electron chi connectivity index (χ2n) is 6.03. The number of pyridine rings is 1. The quantitative estimate of drug-likeness (QED) is 0.603. The summed E-state index contributed by atoms with van der Waals surface area (Å²) in [4.78, 5) is 13.0. The molecule has 130 valence electrons. The summed E-state index contributed by atoms with van der Waals surface area (Å²) in [6.07, 6.45) is 8.71. The predicted molar refractivity (Wildman–Crippen MR) is 97.4 cm³/mol. The number of aryl methyl sites for hydroxylation is 1. The first-order valence-corrected chi connectivity index (χ1v) is 8.74. The maximum atomic E-state index is 8.80. The standard InChI is InChI=1S/C20H23N3O2/c24-12-4-2-1-3-7-16-8-5-9-18(13-16)25-15-17-14-22-20-19(23-17)10-6-11-21-20/h5-6,8-11,13-14,24H,1-4,7,12,15H2. The van der Waals surface area contributed by atoms with Crippen LogP contribution in [-0.2, 0) is 13.0 Å². The minimum atomic E-state index is 0.289. The molecule has 1 aromatic carbocycles. The van der Waals surface area contributed by atoms with E-state index >= 15 is 0 Å². The van der Waals surface area contributed by atoms with Crippen LogP contribution in [0.3, 0.4) is 0 Å². The number of unbranched alkanes of at least 4 members (excludes halogenated alkanes) is 3. The third kappa shape index (κ3) is 5.22. The van der Waals surface area contributed by atoms with Crippen LogP contribution in [0, 0.1) is 0 Å². The average molecular weight is 337 g/mol. The molecule has 0 spiro atoms. The van der Waals surface area contributed by atoms with Crippen LogP contribution in [-0.4, -0.2) is 26.7 Å². The Bertz CT molecular complexity index is 808. The summed E-state index contributed by atoms with van der Waals surface area (Å²) in [5.74, 6) is 0.848. The highest BCUT2D eigenvalue weighted by Crippen LogP contribution is 2.17. The molecular weight excluding hydrogens is 314 g/mol. The van der Waals surface area contributed by atoms with Crippen molar-refractivity contribution in [3.05, 3.63) is 60.0 Å². The van der Waals surface area contributed by atoms with Crippen LogP contribution in [0.2, 0.25) is 0 Å². The number of aliphatic hydroxyl groups is 1. The molecular formula is C20H23N3O2. The molecule has 0 unspecified atom stereocenters. The summed E-state index contributed by atoms with van der Waals surface area (Å²) < 4.78 is 5.87. The van der Waals surface area contributed by atoms with E-state index in [4.69, 9.17) is 9.84 Å². The lowest BCUT2D eigenvalue weighted by Crippen LogP contribution is -2.00. The van der Waals surface area contributed by atoms with E-state index in [2.05, 4.69) is 27.1 Å². The second kappa shape index (κ2) is 9.08. The Labute approximate surface area is 147 Å². The molecule has 2 heterocycles. The Morgan fingerprint density at radius 3 is 2.80 bits per heavy atom. The molecule has 0 fully saturated rings. The third-order valence-corrected chi connectivity index (χ3v) is 4.02. The maximum absolute atomic E-state index is 8.80. The molecule has 2 aromatic heterocycles. The van der Waals surface area contributed by atoms with E-state index in [1.54, 1.807) is 12.4 Å². The van der Waals surface area contributed by atoms with E-state index in [1.807, 2.05) is 24.3 Å². The summed E-state index contributed by atoms with van der Waals surface area (Å²) in [6.45, 7) is 0.675. The van der Waals surface area contributed by atoms with Crippen LogP contribution >= 0.6 is 0 Å². The highest BCUT2D eigenvalue weighted by atomic mass is 16.5. The highest BCUT2D eigenvalue weighted by molar-refractivity contribution is 5.68. The first kappa shape index (κ1) is 17.3. The zero-order chi connectivity index (χ0) is 17.3. The first-order valence-electron chi connectivity index (χ1n) is 8.74. The van der Waals surface area contributed by atoms with Crippen LogP contribution in [0.15, 0.2) is 48.8 Å². The van der Waals surface area contributed by atoms with E-state index in [-0.39, 0.29) is 6.61 Å². The number of aliphatic hydroxyl groups excluding tert-OH is 1. The van der Waals surface area contributed by atoms with Gasteiger partial charge in [-0.1, -0.05) is 25.0 Å². The van der Waals surface area contributed by atoms with Gasteiger partial charge in [0.25, 0.3) is 0 Å². The van der Waals surface area contributed by atoms with Gasteiger partial charge in [-0.2, -0.15) is 0 Å². The fourth-order valence-corrected chi connectivity index (χ4v) is 2.71. The number of hydrogen-bond acceptors (Lipinski definition) is 5. The SMILES string of the molecule is OCCCCCCc1cccc(OCc2cnc3ncccc3n2)c1. The van der Waals surface area contributed by atoms with Crippen molar-refractivity contribution in [3.63, 3.8) is 0 Å². The summed E-state index contributed by atoms with van der Waals surface area (Å²) >= 11 is 0. The van der Waals surface area contributed by atoms with Gasteiger partial charge in [-0.3, -0.25) is 0 Å². The van der Waals surface area contributed by atoms with E-state index in [9.17, 15) is 0 Å². The molecule has 0 aliphatic carbocycles. The lowest BCUT2D eigenvalue weighted by atomic mass is 10.1. The summed E-state index contributed by atoms with van der Waals surface area (Å²) in [5.41, 5.74) is 3.49. The van der Waals surface area contributed by atoms with E-state index < -0.39 is 0 Å². The number of ether oxygens (including phenoxy) is 1. The second-order valence-corrected chi connectivity index (χ2v) is 6.03. The molecule has 0 aliphatic rings. The Balaban J connectivity index is 1.54. The molecule has 25 heavy (non-hydrogen) atoms. The summed E-state index contributed by atoms with van der Waals surface area (Å²) in [7, 11) is 0. The number of hydrogen-bond donors (Lipinski definition) is 1. The van der Waals surface area contributed by atoms with Gasteiger partial charge in [-0.25, -0.2) is 15.0 Å². The number of fused-ring (bicyclic) bond motifs is 1. The molecule has 0 saturated carbocycles. The van der Waals surface area contributed by atoms with E-state index in [0.717, 1.165) is 49.1 Å². The van der Waals surface area contributed by atoms with Crippen molar-refractivity contribution in [2.45, 2.75) is 38.7 Å². The molecule has 0 radical (unpaired) electrons. The Kier molecular flexibility index (Phi) is 6.29. The third-order valence-electron chi connectivity index (χ3n) is 4.02. The molecule has 1 N–H and O–H groups in total. The smallest absolute Gasteiger partial charge is 0.178 e. The minimum absolute atomic E-state index is 0.289. The maximum Gasteiger partial charge on any atom is 0.178 e. The molecule has 5 nitrogen and oxygen atoms in total. The predicted octanol–water partition coefficient (Wildman–Crippen LogP) is 3.70. The van der Waals surface area contributed by atoms with E-state index in [0.29, 0.717) is 12.3 Å². The van der Waals surface area contributed by atoms with Gasteiger partial charge < -0.3 is 9.84 Å². The zero-order valence-corrected chi connectivity index (χ0v) is 14.3. The van der Waals surface area contributed by atoms with Gasteiger partial charge in [-0.15, -0.1) is 0 Å². The lowest BCUT2D eigenvalue weighted by Gasteiger charge is -2.08. The van der Waals surface area contributed by atoms with Crippen molar-refractivity contribution in [2.75, 3.05) is 6.61 Å². The van der Waals surface area contributed by atoms with Crippen LogP contribution < -0.4 is 4.74 Å². The van der Waals surface area contributed by atoms with Gasteiger partial charge in [0, 0.05) is 12.8 Å². The normalized spacial score (nSPS) is 10.9. The number of benzene rings is 1. The topological polar surface area (TPSA) is 68.1 Å². The highest BCUT2D eigenvalue weighted by Gasteiger charge is 2.03. The van der Waals surface area contributed by atoms with Crippen molar-refractivity contribution in [2.24, 2.45) is 0 Å². The molecule has 0 amide bonds. The van der Waals surface area contributed by atoms with Crippen LogP contribution in [0.5, 0.6) is 5.75 Å². The molecule has 0 bridgehead atoms. The number of aromatic nitrogens is 3. The fraction of sp³-hybridized carbons (Fsp3) is 0.350. The van der Waals surface area contributed by atoms with Gasteiger partial charge >= 0.3 is 0 Å². The number of nitrogens with zero attached hydrogens (tertiary/aromatic N) is 3. The molecule has 5 heteroatoms. The largest absolute Gasteiger partial charge is 0.487 e. The van der Waals surface area contributed by atoms with Crippen molar-refractivity contribution in [1.29, 1.82) is 0 Å². The van der Waals surface area contributed by atoms with E-state index in [1.165, 1.54) is 5.56 Å². The van der Waals surface area contributed by atoms with Crippen molar-refractivity contribution >= 4 is 11.2 Å². The molecule has 3 rings (SSSR count). The van der Waals surface area contributed by atoms with Gasteiger partial charge in [-0.05, 0) is 49.1 Å². The lowest BCUT2D eigenvalue weighted by molar-refractivity contribution is 0.282. The van der Waals surface area contributed by atoms with Crippen LogP contribution in [0.1, 0.15) is 36.9 Å². The van der Waals surface area contributed by atoms with Crippen molar-refractivity contribution < 1.29 is 9.84 Å². The molecule has 0 aliphatic heterocycles. The van der Waals surface area contributed by atoms with Crippen molar-refractivity contribution in [3.8, 4) is 5.75 Å². The van der Waals surface area contributed by atoms with Crippen LogP contribution in [0.25, 0.3) is 11.2 Å². The van der Waals surface area contributed by atoms with Crippen LogP contribution in [0.4, 0.5) is 0 Å². The zero-order valence-electron chi connectivity index (χ0n) is 14.3. The monoisotopic (exact) mass is 337 g/mol. The summed E-state index contributed by atoms with van der Waals surface area (Å²) in [6, 6.07) is 11.9. The Morgan fingerprint density at radius 2 is 1.88 bits per heavy atom. The molecule has 0 saturated heterocycles. The molecule has 0 atom stereocenters. The number of rotatable bonds is 9. The average Bonchev–Trinajstić information content (AvgIpc) is 2.66. The minimum Gasteiger partial charge on any atom is -0.487 e. The Morgan fingerprint density at radius 1 is 0.960 bits per heavy atom. The van der Waals surface area contributed by atoms with Gasteiger partial charge in [0.05, 0.1) is 11.9 Å². The Hall–Kier alpha value is -2.53. The molecule has 3 aromatic rings. The fourth-order valence-electron chi connectivity index (χ4n) is 2.71. The van der Waals surface area contributed by atoms with Gasteiger partial charge in [0.2, 0.25) is 0 Å². The van der Waals surface area contributed by atoms with Gasteiger partial charge in [0.15, 0.2) is 5.65 Å². The van der Waals surface area contributed by atoms with Gasteiger partial charge in [0.1, 0.15) is 17.9 Å². The van der Waals surface area contributed by atoms with Crippen molar-refractivity contribution in [1.82, 2.24) is 15.0 Å².